The van der Waals surface area contributed by atoms with Crippen LogP contribution in [0.4, 0.5) is 0 Å². The first-order chi connectivity index (χ1) is 24.7. The van der Waals surface area contributed by atoms with Crippen molar-refractivity contribution in [3.05, 3.63) is 111 Å². The molecular weight excluding hydrogens is 660 g/mol. The Labute approximate surface area is 303 Å². The van der Waals surface area contributed by atoms with E-state index in [4.69, 9.17) is 24.2 Å². The highest BCUT2D eigenvalue weighted by Gasteiger charge is 2.54. The minimum atomic E-state index is -1.17. The molecule has 0 bridgehead atoms. The predicted molar refractivity (Wildman–Crippen MR) is 202 cm³/mol. The number of aliphatic hydroxyl groups is 1. The van der Waals surface area contributed by atoms with Gasteiger partial charge in [-0.25, -0.2) is 4.79 Å². The molecule has 5 rings (SSSR count). The average molecular weight is 707 g/mol. The van der Waals surface area contributed by atoms with Gasteiger partial charge in [0.15, 0.2) is 0 Å². The molecule has 1 aliphatic carbocycles. The van der Waals surface area contributed by atoms with Crippen molar-refractivity contribution in [3.63, 3.8) is 0 Å². The average Bonchev–Trinajstić information content (AvgIpc) is 3.82. The molecule has 0 saturated heterocycles. The Bertz CT molecular complexity index is 2130. The molecule has 4 aliphatic rings. The number of allylic oxidation sites excluding steroid dienone is 6. The minimum absolute atomic E-state index is 0.0589. The van der Waals surface area contributed by atoms with E-state index in [1.165, 1.54) is 21.3 Å². The Balaban J connectivity index is 1.75. The topological polar surface area (TPSA) is 152 Å². The molecule has 1 aromatic rings. The zero-order valence-corrected chi connectivity index (χ0v) is 30.8. The number of carbonyl (C=O) groups is 3. The fourth-order valence-corrected chi connectivity index (χ4v) is 7.50. The van der Waals surface area contributed by atoms with E-state index in [-0.39, 0.29) is 35.7 Å². The Morgan fingerprint density at radius 2 is 1.79 bits per heavy atom. The van der Waals surface area contributed by atoms with Gasteiger partial charge in [-0.3, -0.25) is 19.6 Å². The SMILES string of the molecule is C=CC1=C(C)C(/C=C2\N=C(C=c3[nH]/c(=C\C4=C(CCC(=O)OC)C(C)C(C=C)N4)c(C(=C)O)c3C)[C@@]3(C)C2=CC=C(C(=O)OC)[C@H]3C(=O)OC)=NC1. The van der Waals surface area contributed by atoms with Crippen LogP contribution in [0.5, 0.6) is 0 Å². The van der Waals surface area contributed by atoms with Crippen molar-refractivity contribution in [2.45, 2.75) is 46.6 Å². The number of carbonyl (C=O) groups excluding carboxylic acids is 3. The predicted octanol–water partition coefficient (Wildman–Crippen LogP) is 4.54. The van der Waals surface area contributed by atoms with Gasteiger partial charge in [0.25, 0.3) is 0 Å². The summed E-state index contributed by atoms with van der Waals surface area (Å²) < 4.78 is 15.3. The molecule has 3 N–H and O–H groups in total. The van der Waals surface area contributed by atoms with E-state index >= 15 is 0 Å². The fraction of sp³-hybridized carbons (Fsp3) is 0.341. The number of fused-ring (bicyclic) bond motifs is 1. The second-order valence-corrected chi connectivity index (χ2v) is 13.3. The third-order valence-corrected chi connectivity index (χ3v) is 10.6. The maximum absolute atomic E-state index is 13.6. The molecule has 0 aromatic carbocycles. The summed E-state index contributed by atoms with van der Waals surface area (Å²) in [5.74, 6) is -2.77. The van der Waals surface area contributed by atoms with Crippen LogP contribution < -0.4 is 16.0 Å². The molecule has 0 amide bonds. The fourth-order valence-electron chi connectivity index (χ4n) is 7.50. The molecule has 4 heterocycles. The Kier molecular flexibility index (Phi) is 10.7. The quantitative estimate of drug-likeness (QED) is 0.131. The summed E-state index contributed by atoms with van der Waals surface area (Å²) in [6.45, 7) is 20.0. The van der Waals surface area contributed by atoms with E-state index < -0.39 is 23.3 Å². The van der Waals surface area contributed by atoms with Gasteiger partial charge in [-0.05, 0) is 73.3 Å². The number of methoxy groups -OCH3 is 3. The van der Waals surface area contributed by atoms with Gasteiger partial charge in [0, 0.05) is 28.9 Å². The van der Waals surface area contributed by atoms with Crippen molar-refractivity contribution in [3.8, 4) is 0 Å². The van der Waals surface area contributed by atoms with E-state index in [2.05, 4.69) is 37.0 Å². The van der Waals surface area contributed by atoms with Crippen molar-refractivity contribution in [2.75, 3.05) is 27.9 Å². The van der Waals surface area contributed by atoms with E-state index in [1.54, 1.807) is 18.2 Å². The van der Waals surface area contributed by atoms with Crippen LogP contribution in [0.3, 0.4) is 0 Å². The van der Waals surface area contributed by atoms with Crippen LogP contribution in [0.25, 0.3) is 17.9 Å². The first-order valence-corrected chi connectivity index (χ1v) is 17.0. The third-order valence-electron chi connectivity index (χ3n) is 10.6. The van der Waals surface area contributed by atoms with Crippen molar-refractivity contribution in [1.82, 2.24) is 10.3 Å². The second kappa shape index (κ2) is 14.9. The lowest BCUT2D eigenvalue weighted by atomic mass is 9.63. The number of esters is 3. The first kappa shape index (κ1) is 37.5. The number of H-pyrrole nitrogens is 1. The second-order valence-electron chi connectivity index (χ2n) is 13.3. The zero-order chi connectivity index (χ0) is 38.1. The molecule has 52 heavy (non-hydrogen) atoms. The van der Waals surface area contributed by atoms with Gasteiger partial charge in [0.1, 0.15) is 11.7 Å². The van der Waals surface area contributed by atoms with Gasteiger partial charge in [-0.15, -0.1) is 6.58 Å². The maximum Gasteiger partial charge on any atom is 0.334 e. The number of nitrogens with zero attached hydrogens (tertiary/aromatic N) is 2. The zero-order valence-electron chi connectivity index (χ0n) is 30.8. The summed E-state index contributed by atoms with van der Waals surface area (Å²) in [6.07, 6.45) is 13.3. The number of aliphatic hydroxyl groups excluding tert-OH is 1. The standard InChI is InChI=1S/C41H46N4O7/c1-11-25-20-42-30(21(25)3)17-33-28-15-13-27(39(48)51-9)38(40(49)52-10)41(28,7)35(45-33)19-31-23(5)37(24(6)46)34(44-31)18-32-26(14-16-36(47)50-8)22(4)29(12-2)43-32/h11-13,15,17-19,22,29,38,43-44,46H,1-2,6,14,16,20H2,3-5,7-10H3/b31-19?,33-17-,34-18-/t22?,29?,38-,41+/m0/s1. The Morgan fingerprint density at radius 1 is 1.06 bits per heavy atom. The summed E-state index contributed by atoms with van der Waals surface area (Å²) >= 11 is 0. The number of hydrogen-bond donors (Lipinski definition) is 3. The lowest BCUT2D eigenvalue weighted by molar-refractivity contribution is -0.149. The molecule has 0 saturated carbocycles. The van der Waals surface area contributed by atoms with Crippen molar-refractivity contribution in [2.24, 2.45) is 27.2 Å². The number of nitrogens with one attached hydrogen (secondary N) is 2. The van der Waals surface area contributed by atoms with E-state index in [0.717, 1.165) is 28.1 Å². The van der Waals surface area contributed by atoms with Gasteiger partial charge in [-0.2, -0.15) is 0 Å². The van der Waals surface area contributed by atoms with Crippen LogP contribution in [-0.4, -0.2) is 73.3 Å². The molecule has 0 fully saturated rings. The van der Waals surface area contributed by atoms with Crippen LogP contribution in [0, 0.1) is 24.2 Å². The van der Waals surface area contributed by atoms with Gasteiger partial charge in [-0.1, -0.05) is 44.4 Å². The van der Waals surface area contributed by atoms with Gasteiger partial charge in [0.05, 0.1) is 67.4 Å². The lowest BCUT2D eigenvalue weighted by Gasteiger charge is -2.37. The summed E-state index contributed by atoms with van der Waals surface area (Å²) in [6, 6.07) is -0.0610. The molecule has 4 atom stereocenters. The number of rotatable bonds is 11. The monoisotopic (exact) mass is 706 g/mol. The van der Waals surface area contributed by atoms with Crippen LogP contribution in [-0.2, 0) is 28.6 Å². The highest BCUT2D eigenvalue weighted by atomic mass is 16.5. The number of aromatic amines is 1. The first-order valence-electron chi connectivity index (χ1n) is 17.0. The maximum atomic E-state index is 13.6. The minimum Gasteiger partial charge on any atom is -0.508 e. The van der Waals surface area contributed by atoms with Crippen molar-refractivity contribution < 1.29 is 33.7 Å². The summed E-state index contributed by atoms with van der Waals surface area (Å²) in [5, 5.41) is 15.5. The summed E-state index contributed by atoms with van der Waals surface area (Å²) in [5.41, 5.74) is 6.43. The lowest BCUT2D eigenvalue weighted by Crippen LogP contribution is -2.44. The van der Waals surface area contributed by atoms with Crippen molar-refractivity contribution >= 4 is 47.2 Å². The normalized spacial score (nSPS) is 25.3. The molecule has 272 valence electrons. The van der Waals surface area contributed by atoms with Crippen LogP contribution >= 0.6 is 0 Å². The molecule has 1 aromatic heterocycles. The number of aliphatic imine (C=N–C) groups is 2. The van der Waals surface area contributed by atoms with E-state index in [9.17, 15) is 19.5 Å². The smallest absolute Gasteiger partial charge is 0.334 e. The van der Waals surface area contributed by atoms with Gasteiger partial charge in [0.2, 0.25) is 0 Å². The number of aromatic nitrogens is 1. The van der Waals surface area contributed by atoms with Crippen LogP contribution in [0.1, 0.15) is 44.7 Å². The highest BCUT2D eigenvalue weighted by Crippen LogP contribution is 2.52. The Hall–Kier alpha value is -5.71. The summed E-state index contributed by atoms with van der Waals surface area (Å²) in [4.78, 5) is 52.0. The number of hydrogen-bond acceptors (Lipinski definition) is 10. The molecule has 11 heteroatoms. The molecule has 0 spiro atoms. The Morgan fingerprint density at radius 3 is 2.38 bits per heavy atom. The van der Waals surface area contributed by atoms with Crippen LogP contribution in [0.15, 0.2) is 99.4 Å². The van der Waals surface area contributed by atoms with Gasteiger partial charge < -0.3 is 29.6 Å². The van der Waals surface area contributed by atoms with Crippen LogP contribution in [0.2, 0.25) is 0 Å². The van der Waals surface area contributed by atoms with E-state index in [0.29, 0.717) is 51.8 Å². The molecule has 3 aliphatic heterocycles. The molecule has 11 nitrogen and oxygen atoms in total. The third kappa shape index (κ3) is 6.47. The molecule has 0 radical (unpaired) electrons. The summed E-state index contributed by atoms with van der Waals surface area (Å²) in [7, 11) is 3.91. The molecule has 2 unspecified atom stereocenters. The largest absolute Gasteiger partial charge is 0.508 e. The van der Waals surface area contributed by atoms with E-state index in [1.807, 2.05) is 45.1 Å². The molecular formula is C41H46N4O7. The highest BCUT2D eigenvalue weighted by molar-refractivity contribution is 6.22. The van der Waals surface area contributed by atoms with Gasteiger partial charge >= 0.3 is 17.9 Å². The number of ether oxygens (including phenoxy) is 3. The van der Waals surface area contributed by atoms with Crippen molar-refractivity contribution in [1.29, 1.82) is 0 Å².